The van der Waals surface area contributed by atoms with Crippen LogP contribution in [0.15, 0.2) is 53.7 Å². The van der Waals surface area contributed by atoms with Crippen LogP contribution in [-0.4, -0.2) is 32.0 Å². The van der Waals surface area contributed by atoms with Crippen LogP contribution >= 0.6 is 23.2 Å². The topological polar surface area (TPSA) is 91.0 Å². The number of hydrogen-bond donors (Lipinski definition) is 1. The zero-order valence-corrected chi connectivity index (χ0v) is 18.1. The van der Waals surface area contributed by atoms with Crippen LogP contribution in [0.4, 0.5) is 0 Å². The number of halogens is 2. The number of carbonyl (C=O) groups excluding carboxylic acids is 1. The van der Waals surface area contributed by atoms with Crippen LogP contribution in [0.2, 0.25) is 10.0 Å². The maximum absolute atomic E-state index is 12.8. The second-order valence-corrected chi connectivity index (χ2v) is 7.72. The lowest BCUT2D eigenvalue weighted by Crippen LogP contribution is -2.35. The minimum atomic E-state index is -0.559. The Labute approximate surface area is 187 Å². The summed E-state index contributed by atoms with van der Waals surface area (Å²) >= 11 is 11.9. The van der Waals surface area contributed by atoms with Crippen LogP contribution in [0.5, 0.6) is 5.75 Å². The molecule has 158 valence electrons. The van der Waals surface area contributed by atoms with E-state index in [1.165, 1.54) is 18.6 Å². The smallest absolute Gasteiger partial charge is 0.283 e. The average molecular weight is 458 g/mol. The largest absolute Gasteiger partial charge is 0.482 e. The van der Waals surface area contributed by atoms with Crippen LogP contribution in [-0.2, 0) is 4.79 Å². The number of hydrogen-bond acceptors (Lipinski definition) is 5. The predicted octanol–water partition coefficient (Wildman–Crippen LogP) is 3.65. The second kappa shape index (κ2) is 8.41. The summed E-state index contributed by atoms with van der Waals surface area (Å²) in [7, 11) is 0. The Balaban J connectivity index is 1.53. The fourth-order valence-corrected chi connectivity index (χ4v) is 3.40. The van der Waals surface area contributed by atoms with Gasteiger partial charge in [0.1, 0.15) is 17.5 Å². The zero-order chi connectivity index (χ0) is 22.1. The Morgan fingerprint density at radius 1 is 1.13 bits per heavy atom. The van der Waals surface area contributed by atoms with E-state index < -0.39 is 11.5 Å². The molecule has 0 aliphatic rings. The van der Waals surface area contributed by atoms with Crippen molar-refractivity contribution in [3.63, 3.8) is 0 Å². The number of nitrogens with zero attached hydrogens (tertiary/aromatic N) is 4. The molecular formula is C21H17Cl2N5O3. The molecule has 0 aliphatic heterocycles. The molecule has 1 amide bonds. The molecule has 2 aromatic heterocycles. The molecule has 0 aliphatic carbocycles. The third-order valence-electron chi connectivity index (χ3n) is 4.72. The number of fused-ring (bicyclic) bond motifs is 1. The van der Waals surface area contributed by atoms with Gasteiger partial charge in [-0.3, -0.25) is 15.0 Å². The highest BCUT2D eigenvalue weighted by Crippen LogP contribution is 2.27. The van der Waals surface area contributed by atoms with E-state index in [2.05, 4.69) is 15.5 Å². The molecule has 0 bridgehead atoms. The van der Waals surface area contributed by atoms with Crippen molar-refractivity contribution in [1.82, 2.24) is 19.4 Å². The van der Waals surface area contributed by atoms with Crippen molar-refractivity contribution in [1.29, 1.82) is 0 Å². The lowest BCUT2D eigenvalue weighted by atomic mass is 10.1. The summed E-state index contributed by atoms with van der Waals surface area (Å²) in [6.07, 6.45) is 2.66. The summed E-state index contributed by atoms with van der Waals surface area (Å²) in [5.41, 5.74) is 5.42. The summed E-state index contributed by atoms with van der Waals surface area (Å²) in [6, 6.07) is 10.5. The molecule has 4 aromatic rings. The van der Waals surface area contributed by atoms with Gasteiger partial charge >= 0.3 is 0 Å². The SMILES string of the molecule is Cc1ccc(-n2ncc3c(=O)n(NC(=O)COc4ccc(Cl)cc4Cl)cnc32)cc1C. The van der Waals surface area contributed by atoms with E-state index in [-0.39, 0.29) is 17.0 Å². The Kier molecular flexibility index (Phi) is 5.67. The first-order valence-electron chi connectivity index (χ1n) is 9.24. The molecule has 0 saturated heterocycles. The summed E-state index contributed by atoms with van der Waals surface area (Å²) in [5.74, 6) is -0.257. The third kappa shape index (κ3) is 4.26. The van der Waals surface area contributed by atoms with Gasteiger partial charge < -0.3 is 4.74 Å². The van der Waals surface area contributed by atoms with Gasteiger partial charge in [-0.15, -0.1) is 0 Å². The molecule has 8 nitrogen and oxygen atoms in total. The first-order chi connectivity index (χ1) is 14.8. The number of rotatable bonds is 5. The number of aryl methyl sites for hydroxylation is 2. The summed E-state index contributed by atoms with van der Waals surface area (Å²) < 4.78 is 7.96. The number of nitrogens with one attached hydrogen (secondary N) is 1. The molecule has 0 spiro atoms. The van der Waals surface area contributed by atoms with E-state index in [1.54, 1.807) is 16.8 Å². The quantitative estimate of drug-likeness (QED) is 0.493. The highest BCUT2D eigenvalue weighted by atomic mass is 35.5. The van der Waals surface area contributed by atoms with Crippen molar-refractivity contribution in [2.45, 2.75) is 13.8 Å². The Morgan fingerprint density at radius 2 is 1.94 bits per heavy atom. The van der Waals surface area contributed by atoms with E-state index in [1.807, 2.05) is 32.0 Å². The van der Waals surface area contributed by atoms with E-state index >= 15 is 0 Å². The van der Waals surface area contributed by atoms with Gasteiger partial charge in [0.25, 0.3) is 11.5 Å². The van der Waals surface area contributed by atoms with Crippen molar-refractivity contribution in [2.24, 2.45) is 0 Å². The van der Waals surface area contributed by atoms with Gasteiger partial charge in [0.05, 0.1) is 16.9 Å². The van der Waals surface area contributed by atoms with Crippen molar-refractivity contribution in [2.75, 3.05) is 12.0 Å². The van der Waals surface area contributed by atoms with Crippen LogP contribution in [0, 0.1) is 13.8 Å². The predicted molar refractivity (Wildman–Crippen MR) is 119 cm³/mol. The first-order valence-corrected chi connectivity index (χ1v) is 10.00. The fourth-order valence-electron chi connectivity index (χ4n) is 2.94. The van der Waals surface area contributed by atoms with Gasteiger partial charge in [-0.05, 0) is 55.3 Å². The molecule has 2 heterocycles. The van der Waals surface area contributed by atoms with Gasteiger partial charge in [-0.1, -0.05) is 29.3 Å². The molecule has 10 heteroatoms. The molecule has 4 rings (SSSR count). The highest BCUT2D eigenvalue weighted by molar-refractivity contribution is 6.35. The average Bonchev–Trinajstić information content (AvgIpc) is 3.16. The zero-order valence-electron chi connectivity index (χ0n) is 16.6. The monoisotopic (exact) mass is 457 g/mol. The van der Waals surface area contributed by atoms with Crippen molar-refractivity contribution >= 4 is 40.1 Å². The van der Waals surface area contributed by atoms with Gasteiger partial charge in [-0.2, -0.15) is 5.10 Å². The summed E-state index contributed by atoms with van der Waals surface area (Å²) in [5, 5.41) is 5.28. The molecule has 31 heavy (non-hydrogen) atoms. The Bertz CT molecular complexity index is 1360. The highest BCUT2D eigenvalue weighted by Gasteiger charge is 2.14. The number of aromatic nitrogens is 4. The molecule has 0 radical (unpaired) electrons. The van der Waals surface area contributed by atoms with Gasteiger partial charge in [0, 0.05) is 5.02 Å². The normalized spacial score (nSPS) is 11.0. The molecule has 1 N–H and O–H groups in total. The van der Waals surface area contributed by atoms with Crippen molar-refractivity contribution < 1.29 is 9.53 Å². The van der Waals surface area contributed by atoms with Gasteiger partial charge in [0.15, 0.2) is 12.3 Å². The van der Waals surface area contributed by atoms with Crippen LogP contribution in [0.25, 0.3) is 16.7 Å². The summed E-state index contributed by atoms with van der Waals surface area (Å²) in [4.78, 5) is 29.3. The lowest BCUT2D eigenvalue weighted by Gasteiger charge is -2.10. The number of benzene rings is 2. The molecule has 0 unspecified atom stereocenters. The molecule has 2 aromatic carbocycles. The van der Waals surface area contributed by atoms with E-state index in [4.69, 9.17) is 27.9 Å². The maximum atomic E-state index is 12.8. The van der Waals surface area contributed by atoms with Crippen molar-refractivity contribution in [3.8, 4) is 11.4 Å². The van der Waals surface area contributed by atoms with Gasteiger partial charge in [0.2, 0.25) is 0 Å². The van der Waals surface area contributed by atoms with Crippen LogP contribution in [0.1, 0.15) is 11.1 Å². The Hall–Kier alpha value is -3.36. The minimum Gasteiger partial charge on any atom is -0.482 e. The third-order valence-corrected chi connectivity index (χ3v) is 5.25. The van der Waals surface area contributed by atoms with Crippen LogP contribution < -0.4 is 15.7 Å². The fraction of sp³-hybridized carbons (Fsp3) is 0.143. The van der Waals surface area contributed by atoms with Crippen molar-refractivity contribution in [3.05, 3.63) is 80.4 Å². The number of amides is 1. The van der Waals surface area contributed by atoms with Gasteiger partial charge in [-0.25, -0.2) is 14.3 Å². The van der Waals surface area contributed by atoms with E-state index in [0.717, 1.165) is 21.5 Å². The standard InChI is InChI=1S/C21H17Cl2N5O3/c1-12-3-5-15(7-13(12)2)28-20-16(9-25-28)21(30)27(11-24-20)26-19(29)10-31-18-6-4-14(22)8-17(18)23/h3-9,11H,10H2,1-2H3,(H,26,29). The minimum absolute atomic E-state index is 0.266. The molecule has 0 atom stereocenters. The first kappa shape index (κ1) is 20.9. The number of ether oxygens (including phenoxy) is 1. The van der Waals surface area contributed by atoms with E-state index in [9.17, 15) is 9.59 Å². The second-order valence-electron chi connectivity index (χ2n) is 6.88. The van der Waals surface area contributed by atoms with E-state index in [0.29, 0.717) is 16.4 Å². The van der Waals surface area contributed by atoms with Crippen LogP contribution in [0.3, 0.4) is 0 Å². The molecule has 0 saturated carbocycles. The molecule has 0 fully saturated rings. The Morgan fingerprint density at radius 3 is 2.68 bits per heavy atom. The molecular weight excluding hydrogens is 441 g/mol. The maximum Gasteiger partial charge on any atom is 0.283 e. The lowest BCUT2D eigenvalue weighted by molar-refractivity contribution is -0.119. The number of carbonyl (C=O) groups is 1. The summed E-state index contributed by atoms with van der Waals surface area (Å²) in [6.45, 7) is 3.66.